The maximum absolute atomic E-state index is 10.7. The van der Waals surface area contributed by atoms with E-state index in [1.165, 1.54) is 0 Å². The van der Waals surface area contributed by atoms with Crippen molar-refractivity contribution < 1.29 is 9.90 Å². The molecule has 0 atom stereocenters. The molecule has 1 aromatic rings. The highest BCUT2D eigenvalue weighted by atomic mass is 16.4. The van der Waals surface area contributed by atoms with Gasteiger partial charge >= 0.3 is 5.97 Å². The van der Waals surface area contributed by atoms with Gasteiger partial charge in [-0.15, -0.1) is 0 Å². The summed E-state index contributed by atoms with van der Waals surface area (Å²) < 4.78 is 0. The van der Waals surface area contributed by atoms with Crippen molar-refractivity contribution in [2.24, 2.45) is 0 Å². The molecule has 1 fully saturated rings. The van der Waals surface area contributed by atoms with Crippen LogP contribution in [0.15, 0.2) is 24.3 Å². The van der Waals surface area contributed by atoms with Crippen molar-refractivity contribution in [3.8, 4) is 6.07 Å². The fourth-order valence-corrected chi connectivity index (χ4v) is 2.29. The molecule has 0 aliphatic heterocycles. The Labute approximate surface area is 118 Å². The van der Waals surface area contributed by atoms with Crippen molar-refractivity contribution in [2.45, 2.75) is 32.2 Å². The highest BCUT2D eigenvalue weighted by Gasteiger charge is 2.29. The Kier molecular flexibility index (Phi) is 4.41. The number of aliphatic carboxylic acids is 1. The Morgan fingerprint density at radius 3 is 2.90 bits per heavy atom. The summed E-state index contributed by atoms with van der Waals surface area (Å²) in [6, 6.07) is 8.69. The lowest BCUT2D eigenvalue weighted by atomic mass is 10.1. The first-order valence-corrected chi connectivity index (χ1v) is 6.77. The van der Waals surface area contributed by atoms with Crippen LogP contribution in [-0.4, -0.2) is 23.7 Å². The first-order chi connectivity index (χ1) is 9.61. The molecule has 0 unspecified atom stereocenters. The molecule has 1 aromatic carbocycles. The average Bonchev–Trinajstić information content (AvgIpc) is 3.23. The lowest BCUT2D eigenvalue weighted by Gasteiger charge is -2.25. The van der Waals surface area contributed by atoms with E-state index in [4.69, 9.17) is 10.4 Å². The standard InChI is InChI=1S/C16H18N2O2/c1-12-3-7-15(13(11-12)4-8-16(19)20)18(10-2-9-17)14-5-6-14/h3-4,7-8,11,14H,2,5-6,10H2,1H3,(H,19,20)/b8-4+. The topological polar surface area (TPSA) is 64.3 Å². The minimum atomic E-state index is -0.951. The molecule has 0 saturated heterocycles. The molecule has 0 aromatic heterocycles. The van der Waals surface area contributed by atoms with E-state index >= 15 is 0 Å². The predicted molar refractivity (Wildman–Crippen MR) is 78.4 cm³/mol. The van der Waals surface area contributed by atoms with Crippen molar-refractivity contribution in [3.63, 3.8) is 0 Å². The number of benzene rings is 1. The van der Waals surface area contributed by atoms with E-state index in [2.05, 4.69) is 11.0 Å². The van der Waals surface area contributed by atoms with Crippen molar-refractivity contribution in [3.05, 3.63) is 35.4 Å². The number of nitriles is 1. The summed E-state index contributed by atoms with van der Waals surface area (Å²) in [5.41, 5.74) is 3.01. The second-order valence-electron chi connectivity index (χ2n) is 5.07. The Morgan fingerprint density at radius 1 is 1.55 bits per heavy atom. The Hall–Kier alpha value is -2.28. The number of hydrogen-bond acceptors (Lipinski definition) is 3. The predicted octanol–water partition coefficient (Wildman–Crippen LogP) is 2.98. The third-order valence-electron chi connectivity index (χ3n) is 3.35. The molecule has 1 aliphatic carbocycles. The first-order valence-electron chi connectivity index (χ1n) is 6.77. The molecule has 0 amide bonds. The average molecular weight is 270 g/mol. The largest absolute Gasteiger partial charge is 0.478 e. The van der Waals surface area contributed by atoms with Gasteiger partial charge in [0.05, 0.1) is 12.5 Å². The molecular formula is C16H18N2O2. The van der Waals surface area contributed by atoms with E-state index in [0.29, 0.717) is 19.0 Å². The van der Waals surface area contributed by atoms with E-state index in [1.807, 2.05) is 25.1 Å². The van der Waals surface area contributed by atoms with Gasteiger partial charge in [0.1, 0.15) is 0 Å². The normalized spacial score (nSPS) is 14.2. The Morgan fingerprint density at radius 2 is 2.30 bits per heavy atom. The number of anilines is 1. The van der Waals surface area contributed by atoms with Gasteiger partial charge in [0.15, 0.2) is 0 Å². The number of carbonyl (C=O) groups is 1. The van der Waals surface area contributed by atoms with E-state index in [-0.39, 0.29) is 0 Å². The molecule has 4 nitrogen and oxygen atoms in total. The van der Waals surface area contributed by atoms with Crippen LogP contribution < -0.4 is 4.90 Å². The summed E-state index contributed by atoms with van der Waals surface area (Å²) in [5, 5.41) is 17.6. The van der Waals surface area contributed by atoms with Gasteiger partial charge in [-0.25, -0.2) is 4.79 Å². The molecule has 4 heteroatoms. The van der Waals surface area contributed by atoms with Crippen LogP contribution in [-0.2, 0) is 4.79 Å². The maximum Gasteiger partial charge on any atom is 0.328 e. The van der Waals surface area contributed by atoms with Gasteiger partial charge in [-0.2, -0.15) is 5.26 Å². The quantitative estimate of drug-likeness (QED) is 0.807. The van der Waals surface area contributed by atoms with Crippen molar-refractivity contribution in [2.75, 3.05) is 11.4 Å². The fraction of sp³-hybridized carbons (Fsp3) is 0.375. The molecule has 1 aliphatic rings. The molecule has 0 heterocycles. The zero-order valence-corrected chi connectivity index (χ0v) is 11.5. The highest BCUT2D eigenvalue weighted by Crippen LogP contribution is 2.34. The summed E-state index contributed by atoms with van der Waals surface area (Å²) in [6.45, 7) is 2.68. The summed E-state index contributed by atoms with van der Waals surface area (Å²) in [6.07, 6.45) is 5.55. The van der Waals surface area contributed by atoms with E-state index in [0.717, 1.165) is 35.7 Å². The number of aryl methyl sites for hydroxylation is 1. The van der Waals surface area contributed by atoms with Crippen LogP contribution in [0.4, 0.5) is 5.69 Å². The van der Waals surface area contributed by atoms with Gasteiger partial charge in [-0.1, -0.05) is 11.6 Å². The van der Waals surface area contributed by atoms with Crippen molar-refractivity contribution >= 4 is 17.7 Å². The number of carboxylic acids is 1. The van der Waals surface area contributed by atoms with Gasteiger partial charge in [0.25, 0.3) is 0 Å². The van der Waals surface area contributed by atoms with Crippen LogP contribution in [0.2, 0.25) is 0 Å². The first kappa shape index (κ1) is 14.1. The summed E-state index contributed by atoms with van der Waals surface area (Å²) in [5.74, 6) is -0.951. The molecule has 20 heavy (non-hydrogen) atoms. The molecule has 1 saturated carbocycles. The van der Waals surface area contributed by atoms with E-state index in [9.17, 15) is 4.79 Å². The van der Waals surface area contributed by atoms with Gasteiger partial charge < -0.3 is 10.0 Å². The second kappa shape index (κ2) is 6.25. The Balaban J connectivity index is 2.32. The highest BCUT2D eigenvalue weighted by molar-refractivity contribution is 5.87. The summed E-state index contributed by atoms with van der Waals surface area (Å²) in [4.78, 5) is 12.9. The van der Waals surface area contributed by atoms with Crippen LogP contribution in [0.25, 0.3) is 6.08 Å². The van der Waals surface area contributed by atoms with E-state index < -0.39 is 5.97 Å². The monoisotopic (exact) mass is 270 g/mol. The van der Waals surface area contributed by atoms with Gasteiger partial charge in [0, 0.05) is 24.4 Å². The van der Waals surface area contributed by atoms with Crippen molar-refractivity contribution in [1.82, 2.24) is 0 Å². The van der Waals surface area contributed by atoms with Crippen LogP contribution in [0.3, 0.4) is 0 Å². The summed E-state index contributed by atoms with van der Waals surface area (Å²) in [7, 11) is 0. The smallest absolute Gasteiger partial charge is 0.328 e. The van der Waals surface area contributed by atoms with Gasteiger partial charge in [0.2, 0.25) is 0 Å². The number of hydrogen-bond donors (Lipinski definition) is 1. The lowest BCUT2D eigenvalue weighted by molar-refractivity contribution is -0.131. The SMILES string of the molecule is Cc1ccc(N(CCC#N)C2CC2)c(/C=C/C(=O)O)c1. The van der Waals surface area contributed by atoms with Gasteiger partial charge in [-0.05, 0) is 43.5 Å². The maximum atomic E-state index is 10.7. The zero-order valence-electron chi connectivity index (χ0n) is 11.5. The minimum absolute atomic E-state index is 0.479. The van der Waals surface area contributed by atoms with Crippen LogP contribution >= 0.6 is 0 Å². The second-order valence-corrected chi connectivity index (χ2v) is 5.07. The van der Waals surface area contributed by atoms with Crippen LogP contribution in [0.5, 0.6) is 0 Å². The third-order valence-corrected chi connectivity index (χ3v) is 3.35. The molecule has 0 radical (unpaired) electrons. The van der Waals surface area contributed by atoms with Crippen LogP contribution in [0, 0.1) is 18.3 Å². The van der Waals surface area contributed by atoms with Crippen LogP contribution in [0.1, 0.15) is 30.4 Å². The summed E-state index contributed by atoms with van der Waals surface area (Å²) >= 11 is 0. The minimum Gasteiger partial charge on any atom is -0.478 e. The van der Waals surface area contributed by atoms with Gasteiger partial charge in [-0.3, -0.25) is 0 Å². The Bertz CT molecular complexity index is 568. The molecular weight excluding hydrogens is 252 g/mol. The van der Waals surface area contributed by atoms with E-state index in [1.54, 1.807) is 6.08 Å². The number of carboxylic acid groups (broad SMARTS) is 1. The lowest BCUT2D eigenvalue weighted by Crippen LogP contribution is -2.27. The molecule has 2 rings (SSSR count). The molecule has 104 valence electrons. The fourth-order valence-electron chi connectivity index (χ4n) is 2.29. The zero-order chi connectivity index (χ0) is 14.5. The number of rotatable bonds is 6. The third kappa shape index (κ3) is 3.61. The number of nitrogens with zero attached hydrogens (tertiary/aromatic N) is 2. The molecule has 1 N–H and O–H groups in total. The molecule has 0 bridgehead atoms. The molecule has 0 spiro atoms. The van der Waals surface area contributed by atoms with Crippen molar-refractivity contribution in [1.29, 1.82) is 5.26 Å².